The van der Waals surface area contributed by atoms with Crippen molar-refractivity contribution in [3.05, 3.63) is 59.8 Å². The van der Waals surface area contributed by atoms with Gasteiger partial charge in [-0.1, -0.05) is 26.2 Å². The van der Waals surface area contributed by atoms with Gasteiger partial charge in [0.15, 0.2) is 0 Å². The number of fused-ring (bicyclic) bond motifs is 1. The van der Waals surface area contributed by atoms with Crippen molar-refractivity contribution in [1.29, 1.82) is 0 Å². The largest absolute Gasteiger partial charge is 0.494 e. The van der Waals surface area contributed by atoms with Gasteiger partial charge in [0.05, 0.1) is 37.1 Å². The molecule has 0 unspecified atom stereocenters. The molecular formula is C26H30N2O5. The van der Waals surface area contributed by atoms with E-state index in [0.717, 1.165) is 24.3 Å². The summed E-state index contributed by atoms with van der Waals surface area (Å²) in [6, 6.07) is 12.6. The highest BCUT2D eigenvalue weighted by Crippen LogP contribution is 2.31. The minimum atomic E-state index is -0.495. The molecule has 0 aliphatic heterocycles. The van der Waals surface area contributed by atoms with E-state index in [9.17, 15) is 9.59 Å². The summed E-state index contributed by atoms with van der Waals surface area (Å²) in [6.07, 6.45) is 6.08. The van der Waals surface area contributed by atoms with Crippen LogP contribution in [0, 0.1) is 0 Å². The van der Waals surface area contributed by atoms with Crippen molar-refractivity contribution in [3.63, 3.8) is 0 Å². The van der Waals surface area contributed by atoms with Gasteiger partial charge in [0, 0.05) is 17.3 Å². The van der Waals surface area contributed by atoms with Crippen LogP contribution in [0.15, 0.2) is 48.7 Å². The van der Waals surface area contributed by atoms with Crippen LogP contribution in [-0.4, -0.2) is 37.2 Å². The second kappa shape index (κ2) is 11.9. The summed E-state index contributed by atoms with van der Waals surface area (Å²) in [5.41, 5.74) is 2.54. The Bertz CT molecular complexity index is 1100. The Morgan fingerprint density at radius 3 is 2.45 bits per heavy atom. The Labute approximate surface area is 194 Å². The molecule has 0 amide bonds. The lowest BCUT2D eigenvalue weighted by atomic mass is 10.1. The molecule has 0 aliphatic carbocycles. The lowest BCUT2D eigenvalue weighted by Crippen LogP contribution is -2.10. The van der Waals surface area contributed by atoms with E-state index in [1.807, 2.05) is 24.3 Å². The van der Waals surface area contributed by atoms with Gasteiger partial charge in [-0.2, -0.15) is 0 Å². The molecule has 0 radical (unpaired) electrons. The van der Waals surface area contributed by atoms with Gasteiger partial charge in [0.1, 0.15) is 11.3 Å². The third-order valence-electron chi connectivity index (χ3n) is 5.17. The molecule has 1 N–H and O–H groups in total. The summed E-state index contributed by atoms with van der Waals surface area (Å²) >= 11 is 0. The van der Waals surface area contributed by atoms with Gasteiger partial charge in [-0.3, -0.25) is 4.98 Å². The van der Waals surface area contributed by atoms with Crippen molar-refractivity contribution in [2.45, 2.75) is 39.5 Å². The molecule has 0 saturated heterocycles. The highest BCUT2D eigenvalue weighted by molar-refractivity contribution is 6.07. The fraction of sp³-hybridized carbons (Fsp3) is 0.346. The molecule has 7 nitrogen and oxygen atoms in total. The van der Waals surface area contributed by atoms with E-state index < -0.39 is 11.9 Å². The number of hydrogen-bond donors (Lipinski definition) is 1. The minimum Gasteiger partial charge on any atom is -0.494 e. The quantitative estimate of drug-likeness (QED) is 0.287. The zero-order valence-corrected chi connectivity index (χ0v) is 19.3. The first kappa shape index (κ1) is 24.0. The monoisotopic (exact) mass is 450 g/mol. The zero-order valence-electron chi connectivity index (χ0n) is 19.3. The van der Waals surface area contributed by atoms with Crippen LogP contribution in [0.2, 0.25) is 0 Å². The smallest absolute Gasteiger partial charge is 0.341 e. The van der Waals surface area contributed by atoms with Crippen LogP contribution in [0.3, 0.4) is 0 Å². The van der Waals surface area contributed by atoms with E-state index in [1.165, 1.54) is 26.1 Å². The second-order valence-electron chi connectivity index (χ2n) is 7.55. The zero-order chi connectivity index (χ0) is 23.6. The number of pyridine rings is 1. The van der Waals surface area contributed by atoms with Gasteiger partial charge < -0.3 is 19.5 Å². The molecule has 0 saturated carbocycles. The summed E-state index contributed by atoms with van der Waals surface area (Å²) in [5.74, 6) is -0.176. The second-order valence-corrected chi connectivity index (χ2v) is 7.55. The Morgan fingerprint density at radius 1 is 0.970 bits per heavy atom. The molecule has 33 heavy (non-hydrogen) atoms. The van der Waals surface area contributed by atoms with Crippen molar-refractivity contribution in [2.75, 3.05) is 25.6 Å². The van der Waals surface area contributed by atoms with E-state index >= 15 is 0 Å². The average molecular weight is 451 g/mol. The number of nitrogens with zero attached hydrogens (tertiary/aromatic N) is 1. The van der Waals surface area contributed by atoms with Crippen LogP contribution in [0.5, 0.6) is 5.75 Å². The molecule has 1 heterocycles. The first-order valence-corrected chi connectivity index (χ1v) is 11.3. The van der Waals surface area contributed by atoms with E-state index in [4.69, 9.17) is 14.2 Å². The summed E-state index contributed by atoms with van der Waals surface area (Å²) in [4.78, 5) is 29.0. The molecular weight excluding hydrogens is 420 g/mol. The Kier molecular flexibility index (Phi) is 8.63. The summed E-state index contributed by atoms with van der Waals surface area (Å²) in [7, 11) is 1.33. The number of carbonyl (C=O) groups excluding carboxylic acids is 2. The molecule has 2 aromatic carbocycles. The number of benzene rings is 2. The highest BCUT2D eigenvalue weighted by atomic mass is 16.5. The number of ether oxygens (including phenoxy) is 3. The lowest BCUT2D eigenvalue weighted by Gasteiger charge is -2.15. The van der Waals surface area contributed by atoms with E-state index in [2.05, 4.69) is 17.2 Å². The van der Waals surface area contributed by atoms with Crippen LogP contribution in [-0.2, 0) is 9.47 Å². The van der Waals surface area contributed by atoms with Crippen molar-refractivity contribution in [1.82, 2.24) is 4.98 Å². The number of methoxy groups -OCH3 is 1. The SMILES string of the molecule is CCCCCCOc1ccc(Nc2c(C(=O)OCC)cnc3ccc(C(=O)OC)cc23)cc1. The number of nitrogens with one attached hydrogen (secondary N) is 1. The molecule has 0 bridgehead atoms. The molecule has 0 atom stereocenters. The standard InChI is InChI=1S/C26H30N2O5/c1-4-6-7-8-15-33-20-12-10-19(11-13-20)28-24-21-16-18(25(29)31-3)9-14-23(21)27-17-22(24)26(30)32-5-2/h9-14,16-17H,4-8,15H2,1-3H3,(H,27,28). The van der Waals surface area contributed by atoms with Crippen LogP contribution >= 0.6 is 0 Å². The van der Waals surface area contributed by atoms with E-state index in [1.54, 1.807) is 25.1 Å². The fourth-order valence-corrected chi connectivity index (χ4v) is 3.43. The maximum absolute atomic E-state index is 12.6. The summed E-state index contributed by atoms with van der Waals surface area (Å²) < 4.78 is 15.9. The number of esters is 2. The van der Waals surface area contributed by atoms with Crippen molar-refractivity contribution in [3.8, 4) is 5.75 Å². The number of unbranched alkanes of at least 4 members (excludes halogenated alkanes) is 3. The van der Waals surface area contributed by atoms with E-state index in [-0.39, 0.29) is 12.2 Å². The summed E-state index contributed by atoms with van der Waals surface area (Å²) in [5, 5.41) is 3.91. The van der Waals surface area contributed by atoms with Crippen molar-refractivity contribution < 1.29 is 23.8 Å². The molecule has 0 fully saturated rings. The van der Waals surface area contributed by atoms with Gasteiger partial charge in [-0.15, -0.1) is 0 Å². The average Bonchev–Trinajstić information content (AvgIpc) is 2.84. The first-order valence-electron chi connectivity index (χ1n) is 11.3. The third kappa shape index (κ3) is 6.22. The normalized spacial score (nSPS) is 10.6. The maximum atomic E-state index is 12.6. The first-order chi connectivity index (χ1) is 16.1. The number of hydrogen-bond acceptors (Lipinski definition) is 7. The molecule has 3 aromatic rings. The number of rotatable bonds is 11. The number of aromatic nitrogens is 1. The Morgan fingerprint density at radius 2 is 1.76 bits per heavy atom. The molecule has 1 aromatic heterocycles. The van der Waals surface area contributed by atoms with Gasteiger partial charge >= 0.3 is 11.9 Å². The topological polar surface area (TPSA) is 86.8 Å². The predicted molar refractivity (Wildman–Crippen MR) is 128 cm³/mol. The van der Waals surface area contributed by atoms with Gasteiger partial charge in [-0.25, -0.2) is 9.59 Å². The highest BCUT2D eigenvalue weighted by Gasteiger charge is 2.18. The van der Waals surface area contributed by atoms with Gasteiger partial charge in [-0.05, 0) is 55.8 Å². The van der Waals surface area contributed by atoms with Crippen LogP contribution in [0.4, 0.5) is 11.4 Å². The van der Waals surface area contributed by atoms with Crippen molar-refractivity contribution in [2.24, 2.45) is 0 Å². The molecule has 0 aliphatic rings. The number of carbonyl (C=O) groups is 2. The van der Waals surface area contributed by atoms with Crippen molar-refractivity contribution >= 4 is 34.2 Å². The Hall–Kier alpha value is -3.61. The molecule has 0 spiro atoms. The van der Waals surface area contributed by atoms with Gasteiger partial charge in [0.25, 0.3) is 0 Å². The fourth-order valence-electron chi connectivity index (χ4n) is 3.43. The van der Waals surface area contributed by atoms with Crippen LogP contribution < -0.4 is 10.1 Å². The summed E-state index contributed by atoms with van der Waals surface area (Å²) in [6.45, 7) is 4.85. The third-order valence-corrected chi connectivity index (χ3v) is 5.17. The molecule has 174 valence electrons. The minimum absolute atomic E-state index is 0.239. The molecule has 3 rings (SSSR count). The number of anilines is 2. The maximum Gasteiger partial charge on any atom is 0.341 e. The Balaban J connectivity index is 1.90. The van der Waals surface area contributed by atoms with Gasteiger partial charge in [0.2, 0.25) is 0 Å². The lowest BCUT2D eigenvalue weighted by molar-refractivity contribution is 0.0526. The molecule has 7 heteroatoms. The van der Waals surface area contributed by atoms with Crippen LogP contribution in [0.25, 0.3) is 10.9 Å². The van der Waals surface area contributed by atoms with Crippen LogP contribution in [0.1, 0.15) is 60.2 Å². The predicted octanol–water partition coefficient (Wildman–Crippen LogP) is 5.90. The van der Waals surface area contributed by atoms with E-state index in [0.29, 0.717) is 28.8 Å².